The molecule has 2 aromatic carbocycles. The molecule has 0 aliphatic carbocycles. The fourth-order valence-corrected chi connectivity index (χ4v) is 2.62. The molecular weight excluding hydrogens is 361 g/mol. The summed E-state index contributed by atoms with van der Waals surface area (Å²) in [5.41, 5.74) is 1.54. The van der Waals surface area contributed by atoms with E-state index in [1.807, 2.05) is 12.1 Å². The highest BCUT2D eigenvalue weighted by Crippen LogP contribution is 2.14. The smallest absolute Gasteiger partial charge is 0.238 e. The number of hydrogen-bond donors (Lipinski definition) is 2. The van der Waals surface area contributed by atoms with E-state index in [4.69, 9.17) is 23.2 Å². The van der Waals surface area contributed by atoms with Gasteiger partial charge in [-0.15, -0.1) is 0 Å². The topological polar surface area (TPSA) is 61.4 Å². The molecule has 0 unspecified atom stereocenters. The standard InChI is InChI=1S/C18H19Cl2N3O2/c1-23(12-18(25)22-16-7-3-6-15(20)9-16)11-17(24)21-10-13-4-2-5-14(19)8-13/h2-9H,10-12H2,1H3,(H,21,24)(H,22,25). The molecule has 0 saturated carbocycles. The molecule has 2 aromatic rings. The SMILES string of the molecule is CN(CC(=O)NCc1cccc(Cl)c1)CC(=O)Nc1cccc(Cl)c1. The highest BCUT2D eigenvalue weighted by molar-refractivity contribution is 6.31. The predicted molar refractivity (Wildman–Crippen MR) is 101 cm³/mol. The van der Waals surface area contributed by atoms with Crippen LogP contribution in [0.1, 0.15) is 5.56 Å². The third-order valence-corrected chi connectivity index (χ3v) is 3.78. The average Bonchev–Trinajstić information content (AvgIpc) is 2.52. The molecule has 0 heterocycles. The maximum absolute atomic E-state index is 12.0. The maximum Gasteiger partial charge on any atom is 0.238 e. The zero-order valence-electron chi connectivity index (χ0n) is 13.8. The van der Waals surface area contributed by atoms with Gasteiger partial charge in [0.15, 0.2) is 0 Å². The van der Waals surface area contributed by atoms with E-state index >= 15 is 0 Å². The first-order valence-electron chi connectivity index (χ1n) is 7.67. The first kappa shape index (κ1) is 19.2. The number of benzene rings is 2. The lowest BCUT2D eigenvalue weighted by Crippen LogP contribution is -2.38. The second kappa shape index (κ2) is 9.42. The molecule has 7 heteroatoms. The summed E-state index contributed by atoms with van der Waals surface area (Å²) in [6.07, 6.45) is 0. The number of hydrogen-bond acceptors (Lipinski definition) is 3. The molecule has 0 spiro atoms. The molecule has 0 aliphatic rings. The van der Waals surface area contributed by atoms with Crippen LogP contribution in [0.5, 0.6) is 0 Å². The zero-order valence-corrected chi connectivity index (χ0v) is 15.3. The van der Waals surface area contributed by atoms with Crippen LogP contribution in [0.3, 0.4) is 0 Å². The quantitative estimate of drug-likeness (QED) is 0.776. The number of anilines is 1. The van der Waals surface area contributed by atoms with Crippen molar-refractivity contribution in [3.05, 3.63) is 64.1 Å². The van der Waals surface area contributed by atoms with Gasteiger partial charge in [-0.25, -0.2) is 0 Å². The molecular formula is C18H19Cl2N3O2. The van der Waals surface area contributed by atoms with Crippen molar-refractivity contribution in [3.63, 3.8) is 0 Å². The van der Waals surface area contributed by atoms with Gasteiger partial charge in [0.2, 0.25) is 11.8 Å². The molecule has 0 radical (unpaired) electrons. The Kier molecular flexibility index (Phi) is 7.25. The van der Waals surface area contributed by atoms with Crippen molar-refractivity contribution in [2.24, 2.45) is 0 Å². The summed E-state index contributed by atoms with van der Waals surface area (Å²) in [6, 6.07) is 14.2. The largest absolute Gasteiger partial charge is 0.351 e. The van der Waals surface area contributed by atoms with Gasteiger partial charge in [0.25, 0.3) is 0 Å². The van der Waals surface area contributed by atoms with Crippen LogP contribution in [0, 0.1) is 0 Å². The summed E-state index contributed by atoms with van der Waals surface area (Å²) in [4.78, 5) is 25.6. The minimum Gasteiger partial charge on any atom is -0.351 e. The minimum absolute atomic E-state index is 0.0943. The molecule has 132 valence electrons. The third-order valence-electron chi connectivity index (χ3n) is 3.31. The van der Waals surface area contributed by atoms with E-state index in [0.717, 1.165) is 5.56 Å². The number of nitrogens with one attached hydrogen (secondary N) is 2. The van der Waals surface area contributed by atoms with Crippen LogP contribution in [-0.4, -0.2) is 36.9 Å². The highest BCUT2D eigenvalue weighted by atomic mass is 35.5. The molecule has 2 rings (SSSR count). The number of halogens is 2. The van der Waals surface area contributed by atoms with E-state index in [2.05, 4.69) is 10.6 Å². The van der Waals surface area contributed by atoms with Crippen LogP contribution in [0.15, 0.2) is 48.5 Å². The second-order valence-corrected chi connectivity index (χ2v) is 6.51. The molecule has 2 amide bonds. The maximum atomic E-state index is 12.0. The molecule has 5 nitrogen and oxygen atoms in total. The monoisotopic (exact) mass is 379 g/mol. The Morgan fingerprint density at radius 2 is 1.60 bits per heavy atom. The Bertz CT molecular complexity index is 753. The molecule has 0 fully saturated rings. The van der Waals surface area contributed by atoms with E-state index in [1.54, 1.807) is 48.3 Å². The van der Waals surface area contributed by atoms with Crippen molar-refractivity contribution in [2.45, 2.75) is 6.54 Å². The van der Waals surface area contributed by atoms with Crippen molar-refractivity contribution in [2.75, 3.05) is 25.5 Å². The summed E-state index contributed by atoms with van der Waals surface area (Å²) >= 11 is 11.8. The van der Waals surface area contributed by atoms with Gasteiger partial charge in [-0.3, -0.25) is 14.5 Å². The van der Waals surface area contributed by atoms with Gasteiger partial charge in [-0.1, -0.05) is 41.4 Å². The third kappa shape index (κ3) is 7.13. The van der Waals surface area contributed by atoms with E-state index in [-0.39, 0.29) is 24.9 Å². The van der Waals surface area contributed by atoms with Crippen molar-refractivity contribution >= 4 is 40.7 Å². The molecule has 25 heavy (non-hydrogen) atoms. The van der Waals surface area contributed by atoms with Gasteiger partial charge in [0, 0.05) is 22.3 Å². The van der Waals surface area contributed by atoms with Crippen LogP contribution in [-0.2, 0) is 16.1 Å². The van der Waals surface area contributed by atoms with Crippen LogP contribution in [0.25, 0.3) is 0 Å². The van der Waals surface area contributed by atoms with Crippen LogP contribution in [0.4, 0.5) is 5.69 Å². The lowest BCUT2D eigenvalue weighted by Gasteiger charge is -2.16. The zero-order chi connectivity index (χ0) is 18.2. The summed E-state index contributed by atoms with van der Waals surface area (Å²) in [7, 11) is 1.70. The van der Waals surface area contributed by atoms with Gasteiger partial charge < -0.3 is 10.6 Å². The molecule has 0 aliphatic heterocycles. The highest BCUT2D eigenvalue weighted by Gasteiger charge is 2.11. The molecule has 0 aromatic heterocycles. The average molecular weight is 380 g/mol. The minimum atomic E-state index is -0.215. The Labute approximate surface area is 156 Å². The molecule has 0 saturated heterocycles. The summed E-state index contributed by atoms with van der Waals surface area (Å²) in [5, 5.41) is 6.71. The number of carbonyl (C=O) groups excluding carboxylic acids is 2. The second-order valence-electron chi connectivity index (χ2n) is 5.64. The molecule has 0 bridgehead atoms. The fraction of sp³-hybridized carbons (Fsp3) is 0.222. The number of likely N-dealkylation sites (N-methyl/N-ethyl adjacent to an activating group) is 1. The van der Waals surface area contributed by atoms with Gasteiger partial charge in [0.1, 0.15) is 0 Å². The van der Waals surface area contributed by atoms with Gasteiger partial charge >= 0.3 is 0 Å². The summed E-state index contributed by atoms with van der Waals surface area (Å²) in [6.45, 7) is 0.600. The van der Waals surface area contributed by atoms with Crippen molar-refractivity contribution in [1.82, 2.24) is 10.2 Å². The Morgan fingerprint density at radius 1 is 0.960 bits per heavy atom. The number of rotatable bonds is 7. The van der Waals surface area contributed by atoms with E-state index in [0.29, 0.717) is 22.3 Å². The van der Waals surface area contributed by atoms with Crippen LogP contribution >= 0.6 is 23.2 Å². The van der Waals surface area contributed by atoms with E-state index < -0.39 is 0 Å². The Balaban J connectivity index is 1.74. The van der Waals surface area contributed by atoms with Gasteiger partial charge in [-0.05, 0) is 42.9 Å². The first-order valence-corrected chi connectivity index (χ1v) is 8.43. The normalized spacial score (nSPS) is 10.6. The van der Waals surface area contributed by atoms with Crippen LogP contribution < -0.4 is 10.6 Å². The van der Waals surface area contributed by atoms with Crippen molar-refractivity contribution in [1.29, 1.82) is 0 Å². The van der Waals surface area contributed by atoms with Crippen molar-refractivity contribution < 1.29 is 9.59 Å². The van der Waals surface area contributed by atoms with E-state index in [1.165, 1.54) is 0 Å². The summed E-state index contributed by atoms with van der Waals surface area (Å²) in [5.74, 6) is -0.384. The summed E-state index contributed by atoms with van der Waals surface area (Å²) < 4.78 is 0. The lowest BCUT2D eigenvalue weighted by atomic mass is 10.2. The Hall–Kier alpha value is -2.08. The fourth-order valence-electron chi connectivity index (χ4n) is 2.22. The van der Waals surface area contributed by atoms with E-state index in [9.17, 15) is 9.59 Å². The molecule has 0 atom stereocenters. The lowest BCUT2D eigenvalue weighted by molar-refractivity contribution is -0.123. The first-order chi connectivity index (χ1) is 11.9. The molecule has 2 N–H and O–H groups in total. The number of amides is 2. The van der Waals surface area contributed by atoms with Gasteiger partial charge in [-0.2, -0.15) is 0 Å². The van der Waals surface area contributed by atoms with Gasteiger partial charge in [0.05, 0.1) is 13.1 Å². The predicted octanol–water partition coefficient (Wildman–Crippen LogP) is 3.18. The number of nitrogens with zero attached hydrogens (tertiary/aromatic N) is 1. The number of carbonyl (C=O) groups is 2. The van der Waals surface area contributed by atoms with Crippen LogP contribution in [0.2, 0.25) is 10.0 Å². The Morgan fingerprint density at radius 3 is 2.28 bits per heavy atom. The van der Waals surface area contributed by atoms with Crippen molar-refractivity contribution in [3.8, 4) is 0 Å².